The van der Waals surface area contributed by atoms with E-state index in [2.05, 4.69) is 10.3 Å². The molecule has 0 spiro atoms. The second kappa shape index (κ2) is 7.28. The van der Waals surface area contributed by atoms with E-state index in [4.69, 9.17) is 5.11 Å². The number of carbonyl (C=O) groups excluding carboxylic acids is 1. The number of hydrogen-bond donors (Lipinski definition) is 2. The second-order valence-electron chi connectivity index (χ2n) is 5.75. The van der Waals surface area contributed by atoms with Crippen LogP contribution < -0.4 is 5.32 Å². The maximum Gasteiger partial charge on any atom is 0.317 e. The highest BCUT2D eigenvalue weighted by Crippen LogP contribution is 2.17. The number of aromatic nitrogens is 2. The molecule has 6 nitrogen and oxygen atoms in total. The molecule has 2 atom stereocenters. The van der Waals surface area contributed by atoms with Gasteiger partial charge in [0.2, 0.25) is 0 Å². The van der Waals surface area contributed by atoms with Gasteiger partial charge in [0, 0.05) is 25.1 Å². The molecular formula is C17H24N4O2. The molecule has 2 N–H and O–H groups in total. The van der Waals surface area contributed by atoms with Gasteiger partial charge in [0.05, 0.1) is 18.7 Å². The first-order valence-electron chi connectivity index (χ1n) is 7.68. The van der Waals surface area contributed by atoms with E-state index in [1.165, 1.54) is 4.90 Å². The lowest BCUT2D eigenvalue weighted by Crippen LogP contribution is -2.44. The van der Waals surface area contributed by atoms with Crippen molar-refractivity contribution in [3.8, 4) is 5.69 Å². The predicted octanol–water partition coefficient (Wildman–Crippen LogP) is 2.26. The minimum absolute atomic E-state index is 0.0583. The molecule has 0 aliphatic rings. The first-order valence-corrected chi connectivity index (χ1v) is 7.68. The number of benzene rings is 1. The Morgan fingerprint density at radius 3 is 2.52 bits per heavy atom. The third kappa shape index (κ3) is 3.90. The molecule has 2 rings (SSSR count). The van der Waals surface area contributed by atoms with Crippen molar-refractivity contribution in [2.45, 2.75) is 32.9 Å². The highest BCUT2D eigenvalue weighted by Gasteiger charge is 2.17. The van der Waals surface area contributed by atoms with Gasteiger partial charge in [-0.3, -0.25) is 0 Å². The summed E-state index contributed by atoms with van der Waals surface area (Å²) in [4.78, 5) is 17.8. The normalized spacial score (nSPS) is 13.4. The van der Waals surface area contributed by atoms with Crippen molar-refractivity contribution in [2.24, 2.45) is 0 Å². The monoisotopic (exact) mass is 316 g/mol. The van der Waals surface area contributed by atoms with Crippen LogP contribution in [0.5, 0.6) is 0 Å². The van der Waals surface area contributed by atoms with Crippen LogP contribution >= 0.6 is 0 Å². The molecule has 2 aromatic rings. The summed E-state index contributed by atoms with van der Waals surface area (Å²) in [7, 11) is 1.67. The van der Waals surface area contributed by atoms with Gasteiger partial charge in [-0.25, -0.2) is 9.78 Å². The van der Waals surface area contributed by atoms with Gasteiger partial charge in [-0.1, -0.05) is 12.1 Å². The van der Waals surface area contributed by atoms with Gasteiger partial charge in [0.1, 0.15) is 5.82 Å². The van der Waals surface area contributed by atoms with E-state index in [-0.39, 0.29) is 24.7 Å². The van der Waals surface area contributed by atoms with Gasteiger partial charge in [0.25, 0.3) is 0 Å². The summed E-state index contributed by atoms with van der Waals surface area (Å²) in [6.07, 6.45) is 3.69. The van der Waals surface area contributed by atoms with Crippen LogP contribution in [-0.4, -0.2) is 45.3 Å². The number of hydrogen-bond acceptors (Lipinski definition) is 3. The molecule has 2 unspecified atom stereocenters. The summed E-state index contributed by atoms with van der Waals surface area (Å²) in [6, 6.07) is 7.47. The Morgan fingerprint density at radius 1 is 1.35 bits per heavy atom. The Bertz CT molecular complexity index is 651. The highest BCUT2D eigenvalue weighted by molar-refractivity contribution is 5.74. The van der Waals surface area contributed by atoms with E-state index >= 15 is 0 Å². The molecule has 0 saturated heterocycles. The van der Waals surface area contributed by atoms with Crippen LogP contribution in [0.2, 0.25) is 0 Å². The molecule has 23 heavy (non-hydrogen) atoms. The summed E-state index contributed by atoms with van der Waals surface area (Å²) in [5.74, 6) is 0.929. The number of likely N-dealkylation sites (N-methyl/N-ethyl adjacent to an activating group) is 1. The summed E-state index contributed by atoms with van der Waals surface area (Å²) < 4.78 is 2.00. The van der Waals surface area contributed by atoms with E-state index in [9.17, 15) is 4.79 Å². The minimum Gasteiger partial charge on any atom is -0.394 e. The van der Waals surface area contributed by atoms with Crippen molar-refractivity contribution in [2.75, 3.05) is 13.7 Å². The van der Waals surface area contributed by atoms with Gasteiger partial charge in [0.15, 0.2) is 0 Å². The molecule has 1 aromatic carbocycles. The Hall–Kier alpha value is -2.34. The van der Waals surface area contributed by atoms with Crippen LogP contribution in [0.4, 0.5) is 4.79 Å². The van der Waals surface area contributed by atoms with E-state index < -0.39 is 0 Å². The number of nitrogens with one attached hydrogen (secondary N) is 1. The Balaban J connectivity index is 2.04. The van der Waals surface area contributed by atoms with Crippen LogP contribution in [0.15, 0.2) is 36.7 Å². The zero-order valence-corrected chi connectivity index (χ0v) is 14.0. The van der Waals surface area contributed by atoms with E-state index in [1.807, 2.05) is 48.9 Å². The van der Waals surface area contributed by atoms with Gasteiger partial charge < -0.3 is 19.9 Å². The highest BCUT2D eigenvalue weighted by atomic mass is 16.3. The third-order valence-electron chi connectivity index (χ3n) is 4.08. The topological polar surface area (TPSA) is 70.4 Å². The summed E-state index contributed by atoms with van der Waals surface area (Å²) >= 11 is 0. The lowest BCUT2D eigenvalue weighted by atomic mass is 10.1. The first-order chi connectivity index (χ1) is 10.9. The number of rotatable bonds is 5. The van der Waals surface area contributed by atoms with Gasteiger partial charge in [-0.2, -0.15) is 0 Å². The summed E-state index contributed by atoms with van der Waals surface area (Å²) in [5.41, 5.74) is 2.05. The number of carbonyl (C=O) groups is 1. The summed E-state index contributed by atoms with van der Waals surface area (Å²) in [5, 5.41) is 12.1. The van der Waals surface area contributed by atoms with Crippen LogP contribution in [0.3, 0.4) is 0 Å². The number of amides is 2. The number of aliphatic hydroxyl groups is 1. The molecule has 1 heterocycles. The largest absolute Gasteiger partial charge is 0.394 e. The number of nitrogens with zero attached hydrogens (tertiary/aromatic N) is 3. The van der Waals surface area contributed by atoms with Crippen molar-refractivity contribution in [1.29, 1.82) is 0 Å². The lowest BCUT2D eigenvalue weighted by Gasteiger charge is -2.25. The maximum atomic E-state index is 12.1. The molecule has 0 radical (unpaired) electrons. The standard InChI is InChI=1S/C17H24N4O2/c1-12(11-22)20(4)17(23)19-13(2)15-5-7-16(8-6-15)21-10-9-18-14(21)3/h5-10,12-13,22H,11H2,1-4H3,(H,19,23). The molecule has 2 amide bonds. The molecular weight excluding hydrogens is 292 g/mol. The Kier molecular flexibility index (Phi) is 5.39. The quantitative estimate of drug-likeness (QED) is 0.889. The lowest BCUT2D eigenvalue weighted by molar-refractivity contribution is 0.155. The molecule has 6 heteroatoms. The molecule has 124 valence electrons. The fourth-order valence-corrected chi connectivity index (χ4v) is 2.27. The molecule has 0 aliphatic carbocycles. The van der Waals surface area contributed by atoms with Gasteiger partial charge in [-0.05, 0) is 38.5 Å². The van der Waals surface area contributed by atoms with Crippen LogP contribution in [0.1, 0.15) is 31.3 Å². The average Bonchev–Trinajstić information content (AvgIpc) is 2.99. The smallest absolute Gasteiger partial charge is 0.317 e. The zero-order chi connectivity index (χ0) is 17.0. The molecule has 0 bridgehead atoms. The van der Waals surface area contributed by atoms with Crippen molar-refractivity contribution in [3.63, 3.8) is 0 Å². The molecule has 0 aliphatic heterocycles. The SMILES string of the molecule is Cc1nccn1-c1ccc(C(C)NC(=O)N(C)C(C)CO)cc1. The third-order valence-corrected chi connectivity index (χ3v) is 4.08. The van der Waals surface area contributed by atoms with E-state index in [0.717, 1.165) is 17.1 Å². The van der Waals surface area contributed by atoms with Gasteiger partial charge >= 0.3 is 6.03 Å². The fraction of sp³-hybridized carbons (Fsp3) is 0.412. The number of urea groups is 1. The predicted molar refractivity (Wildman–Crippen MR) is 89.6 cm³/mol. The fourth-order valence-electron chi connectivity index (χ4n) is 2.27. The Labute approximate surface area is 136 Å². The van der Waals surface area contributed by atoms with E-state index in [0.29, 0.717) is 0 Å². The summed E-state index contributed by atoms with van der Waals surface area (Å²) in [6.45, 7) is 5.63. The average molecular weight is 316 g/mol. The molecule has 1 aromatic heterocycles. The number of imidazole rings is 1. The van der Waals surface area contributed by atoms with Crippen molar-refractivity contribution in [3.05, 3.63) is 48.0 Å². The van der Waals surface area contributed by atoms with Crippen LogP contribution in [0.25, 0.3) is 5.69 Å². The maximum absolute atomic E-state index is 12.1. The Morgan fingerprint density at radius 2 is 2.00 bits per heavy atom. The van der Waals surface area contributed by atoms with Crippen molar-refractivity contribution in [1.82, 2.24) is 19.8 Å². The second-order valence-corrected chi connectivity index (χ2v) is 5.75. The van der Waals surface area contributed by atoms with Crippen molar-refractivity contribution < 1.29 is 9.90 Å². The van der Waals surface area contributed by atoms with E-state index in [1.54, 1.807) is 20.2 Å². The van der Waals surface area contributed by atoms with Gasteiger partial charge in [-0.15, -0.1) is 0 Å². The van der Waals surface area contributed by atoms with Crippen molar-refractivity contribution >= 4 is 6.03 Å². The van der Waals surface area contributed by atoms with Crippen LogP contribution in [-0.2, 0) is 0 Å². The van der Waals surface area contributed by atoms with Crippen LogP contribution in [0, 0.1) is 6.92 Å². The zero-order valence-electron chi connectivity index (χ0n) is 14.0. The first kappa shape index (κ1) is 17.0. The molecule has 0 fully saturated rings. The number of aliphatic hydroxyl groups excluding tert-OH is 1. The molecule has 0 saturated carbocycles. The number of aryl methyl sites for hydroxylation is 1. The minimum atomic E-state index is -0.214.